The summed E-state index contributed by atoms with van der Waals surface area (Å²) >= 11 is 6.27. The molecular weight excluding hydrogens is 344 g/mol. The van der Waals surface area contributed by atoms with Crippen LogP contribution in [0.2, 0.25) is 5.02 Å². The monoisotopic (exact) mass is 358 g/mol. The molecule has 0 spiro atoms. The number of fused-ring (bicyclic) bond motifs is 2. The van der Waals surface area contributed by atoms with Gasteiger partial charge in [-0.05, 0) is 35.9 Å². The molecule has 4 rings (SSSR count). The van der Waals surface area contributed by atoms with Crippen molar-refractivity contribution >= 4 is 28.5 Å². The standard InChI is InChI=1S/C17H15ClN4O3/c18-12-6-10(7-15-16(12)25-5-1-4-24-15)9-19-17(23)11-2-3-13-14(8-11)21-22-20-13/h2-3,6-8H,1,4-5,9H2,(H,19,23)(H,20,21,22). The van der Waals surface area contributed by atoms with E-state index < -0.39 is 0 Å². The highest BCUT2D eigenvalue weighted by atomic mass is 35.5. The molecular formula is C17H15ClN4O3. The van der Waals surface area contributed by atoms with Gasteiger partial charge in [0.1, 0.15) is 11.0 Å². The first kappa shape index (κ1) is 15.7. The van der Waals surface area contributed by atoms with Crippen molar-refractivity contribution in [2.75, 3.05) is 13.2 Å². The summed E-state index contributed by atoms with van der Waals surface area (Å²) in [5, 5.41) is 13.8. The second-order valence-corrected chi connectivity index (χ2v) is 6.07. The molecule has 2 heterocycles. The first-order chi connectivity index (χ1) is 12.2. The largest absolute Gasteiger partial charge is 0.489 e. The summed E-state index contributed by atoms with van der Waals surface area (Å²) in [5.74, 6) is 0.970. The van der Waals surface area contributed by atoms with Crippen LogP contribution in [0.3, 0.4) is 0 Å². The summed E-state index contributed by atoms with van der Waals surface area (Å²) in [6, 6.07) is 8.76. The van der Waals surface area contributed by atoms with Gasteiger partial charge in [0.25, 0.3) is 5.91 Å². The van der Waals surface area contributed by atoms with Crippen LogP contribution in [0.15, 0.2) is 30.3 Å². The van der Waals surface area contributed by atoms with Gasteiger partial charge in [-0.1, -0.05) is 11.6 Å². The van der Waals surface area contributed by atoms with Gasteiger partial charge in [-0.15, -0.1) is 0 Å². The quantitative estimate of drug-likeness (QED) is 0.751. The van der Waals surface area contributed by atoms with Crippen molar-refractivity contribution in [3.8, 4) is 11.5 Å². The van der Waals surface area contributed by atoms with Crippen LogP contribution in [-0.2, 0) is 6.54 Å². The fourth-order valence-corrected chi connectivity index (χ4v) is 2.94. The maximum absolute atomic E-state index is 12.4. The van der Waals surface area contributed by atoms with Crippen LogP contribution in [0.4, 0.5) is 0 Å². The summed E-state index contributed by atoms with van der Waals surface area (Å²) in [6.07, 6.45) is 0.807. The van der Waals surface area contributed by atoms with E-state index in [1.807, 2.05) is 6.07 Å². The number of nitrogens with one attached hydrogen (secondary N) is 2. The molecule has 1 aromatic heterocycles. The molecule has 2 N–H and O–H groups in total. The minimum absolute atomic E-state index is 0.201. The number of rotatable bonds is 3. The van der Waals surface area contributed by atoms with E-state index in [0.29, 0.717) is 52.9 Å². The molecule has 0 bridgehead atoms. The number of carbonyl (C=O) groups is 1. The van der Waals surface area contributed by atoms with Gasteiger partial charge in [0.2, 0.25) is 0 Å². The molecule has 25 heavy (non-hydrogen) atoms. The Morgan fingerprint density at radius 2 is 2.00 bits per heavy atom. The molecule has 0 aliphatic carbocycles. The molecule has 0 saturated carbocycles. The Bertz CT molecular complexity index is 941. The third-order valence-electron chi connectivity index (χ3n) is 3.89. The van der Waals surface area contributed by atoms with Gasteiger partial charge in [-0.2, -0.15) is 15.4 Å². The summed E-state index contributed by atoms with van der Waals surface area (Å²) in [7, 11) is 0. The summed E-state index contributed by atoms with van der Waals surface area (Å²) < 4.78 is 11.3. The first-order valence-corrected chi connectivity index (χ1v) is 8.25. The van der Waals surface area contributed by atoms with Gasteiger partial charge < -0.3 is 14.8 Å². The van der Waals surface area contributed by atoms with Gasteiger partial charge >= 0.3 is 0 Å². The lowest BCUT2D eigenvalue weighted by molar-refractivity contribution is 0.0951. The number of carbonyl (C=O) groups excluding carboxylic acids is 1. The molecule has 0 radical (unpaired) electrons. The molecule has 0 fully saturated rings. The zero-order chi connectivity index (χ0) is 17.2. The Morgan fingerprint density at radius 1 is 1.16 bits per heavy atom. The number of aromatic amines is 1. The molecule has 3 aromatic rings. The van der Waals surface area contributed by atoms with Gasteiger partial charge in [0.15, 0.2) is 11.5 Å². The molecule has 2 aromatic carbocycles. The van der Waals surface area contributed by atoms with E-state index in [2.05, 4.69) is 20.7 Å². The van der Waals surface area contributed by atoms with E-state index in [1.54, 1.807) is 24.3 Å². The van der Waals surface area contributed by atoms with Crippen LogP contribution in [0.25, 0.3) is 11.0 Å². The van der Waals surface area contributed by atoms with Crippen molar-refractivity contribution in [2.45, 2.75) is 13.0 Å². The lowest BCUT2D eigenvalue weighted by Gasteiger charge is -2.12. The summed E-state index contributed by atoms with van der Waals surface area (Å²) in [4.78, 5) is 12.4. The maximum Gasteiger partial charge on any atom is 0.251 e. The Hall–Kier alpha value is -2.80. The lowest BCUT2D eigenvalue weighted by atomic mass is 10.1. The molecule has 128 valence electrons. The molecule has 0 unspecified atom stereocenters. The highest BCUT2D eigenvalue weighted by molar-refractivity contribution is 6.32. The second kappa shape index (κ2) is 6.60. The van der Waals surface area contributed by atoms with Crippen molar-refractivity contribution in [3.05, 3.63) is 46.5 Å². The number of hydrogen-bond donors (Lipinski definition) is 2. The normalized spacial score (nSPS) is 13.5. The van der Waals surface area contributed by atoms with E-state index in [-0.39, 0.29) is 5.91 Å². The minimum Gasteiger partial charge on any atom is -0.489 e. The van der Waals surface area contributed by atoms with Crippen molar-refractivity contribution in [2.24, 2.45) is 0 Å². The smallest absolute Gasteiger partial charge is 0.251 e. The van der Waals surface area contributed by atoms with E-state index in [0.717, 1.165) is 12.0 Å². The average Bonchev–Trinajstić information content (AvgIpc) is 2.95. The van der Waals surface area contributed by atoms with E-state index in [4.69, 9.17) is 21.1 Å². The Kier molecular flexibility index (Phi) is 4.15. The predicted octanol–water partition coefficient (Wildman–Crippen LogP) is 2.70. The average molecular weight is 359 g/mol. The molecule has 1 aliphatic rings. The highest BCUT2D eigenvalue weighted by Gasteiger charge is 2.16. The number of ether oxygens (including phenoxy) is 2. The first-order valence-electron chi connectivity index (χ1n) is 7.87. The zero-order valence-electron chi connectivity index (χ0n) is 13.2. The van der Waals surface area contributed by atoms with Crippen LogP contribution in [0, 0.1) is 0 Å². The molecule has 7 nitrogen and oxygen atoms in total. The van der Waals surface area contributed by atoms with Crippen LogP contribution in [-0.4, -0.2) is 34.5 Å². The minimum atomic E-state index is -0.201. The number of H-pyrrole nitrogens is 1. The van der Waals surface area contributed by atoms with Crippen LogP contribution < -0.4 is 14.8 Å². The number of aromatic nitrogens is 3. The van der Waals surface area contributed by atoms with Crippen molar-refractivity contribution in [1.29, 1.82) is 0 Å². The fraction of sp³-hybridized carbons (Fsp3) is 0.235. The molecule has 0 saturated heterocycles. The zero-order valence-corrected chi connectivity index (χ0v) is 14.0. The molecule has 0 atom stereocenters. The molecule has 1 aliphatic heterocycles. The maximum atomic E-state index is 12.4. The third-order valence-corrected chi connectivity index (χ3v) is 4.17. The number of nitrogens with zero attached hydrogens (tertiary/aromatic N) is 2. The van der Waals surface area contributed by atoms with Crippen molar-refractivity contribution < 1.29 is 14.3 Å². The van der Waals surface area contributed by atoms with E-state index >= 15 is 0 Å². The fourth-order valence-electron chi connectivity index (χ4n) is 2.65. The number of amides is 1. The summed E-state index contributed by atoms with van der Waals surface area (Å²) in [6.45, 7) is 1.48. The number of benzene rings is 2. The van der Waals surface area contributed by atoms with Crippen molar-refractivity contribution in [3.63, 3.8) is 0 Å². The molecule has 8 heteroatoms. The highest BCUT2D eigenvalue weighted by Crippen LogP contribution is 2.37. The Labute approximate surface area is 148 Å². The van der Waals surface area contributed by atoms with Crippen LogP contribution in [0.1, 0.15) is 22.3 Å². The second-order valence-electron chi connectivity index (χ2n) is 5.67. The van der Waals surface area contributed by atoms with Crippen LogP contribution >= 0.6 is 11.6 Å². The summed E-state index contributed by atoms with van der Waals surface area (Å²) in [5.41, 5.74) is 2.71. The van der Waals surface area contributed by atoms with Gasteiger partial charge in [-0.3, -0.25) is 4.79 Å². The Morgan fingerprint density at radius 3 is 2.92 bits per heavy atom. The van der Waals surface area contributed by atoms with E-state index in [9.17, 15) is 4.79 Å². The third kappa shape index (κ3) is 3.23. The SMILES string of the molecule is O=C(NCc1cc(Cl)c2c(c1)OCCCO2)c1ccc2n[nH]nc2c1. The van der Waals surface area contributed by atoms with E-state index in [1.165, 1.54) is 0 Å². The van der Waals surface area contributed by atoms with Crippen molar-refractivity contribution in [1.82, 2.24) is 20.7 Å². The Balaban J connectivity index is 1.49. The van der Waals surface area contributed by atoms with Gasteiger partial charge in [-0.25, -0.2) is 0 Å². The number of hydrogen-bond acceptors (Lipinski definition) is 5. The molecule has 1 amide bonds. The van der Waals surface area contributed by atoms with Gasteiger partial charge in [0.05, 0.1) is 18.2 Å². The van der Waals surface area contributed by atoms with Gasteiger partial charge in [0, 0.05) is 18.5 Å². The van der Waals surface area contributed by atoms with Crippen LogP contribution in [0.5, 0.6) is 11.5 Å². The predicted molar refractivity (Wildman–Crippen MR) is 92.1 cm³/mol. The lowest BCUT2D eigenvalue weighted by Crippen LogP contribution is -2.22. The number of halogens is 1. The topological polar surface area (TPSA) is 89.1 Å².